The third-order valence-electron chi connectivity index (χ3n) is 3.01. The summed E-state index contributed by atoms with van der Waals surface area (Å²) < 4.78 is 14.8. The molecular weight excluding hydrogens is 328 g/mol. The highest BCUT2D eigenvalue weighted by Crippen LogP contribution is 2.19. The molecule has 0 saturated heterocycles. The fourth-order valence-corrected chi connectivity index (χ4v) is 2.39. The number of nitrogens with one attached hydrogen (secondary N) is 1. The Kier molecular flexibility index (Phi) is 4.00. The number of aromatic nitrogens is 2. The molecule has 0 bridgehead atoms. The number of carbonyl (C=O) groups excluding carboxylic acids is 1. The van der Waals surface area contributed by atoms with Gasteiger partial charge in [-0.05, 0) is 30.3 Å². The number of carbonyl (C=O) groups is 1. The summed E-state index contributed by atoms with van der Waals surface area (Å²) in [5.74, 6) is -0.797. The van der Waals surface area contributed by atoms with Crippen molar-refractivity contribution in [3.63, 3.8) is 0 Å². The lowest BCUT2D eigenvalue weighted by Crippen LogP contribution is -2.14. The normalized spacial score (nSPS) is 10.9. The maximum atomic E-state index is 13.1. The van der Waals surface area contributed by atoms with Crippen molar-refractivity contribution in [1.82, 2.24) is 9.38 Å². The molecule has 112 valence electrons. The smallest absolute Gasteiger partial charge is 0.230 e. The molecule has 22 heavy (non-hydrogen) atoms. The van der Waals surface area contributed by atoms with Gasteiger partial charge in [-0.1, -0.05) is 23.2 Å². The predicted octanol–water partition coefficient (Wildman–Crippen LogP) is 3.96. The lowest BCUT2D eigenvalue weighted by molar-refractivity contribution is -0.115. The number of hydrogen-bond acceptors (Lipinski definition) is 2. The van der Waals surface area contributed by atoms with Crippen LogP contribution in [-0.4, -0.2) is 15.3 Å². The van der Waals surface area contributed by atoms with Crippen LogP contribution in [0.5, 0.6) is 0 Å². The lowest BCUT2D eigenvalue weighted by Gasteiger charge is -2.04. The summed E-state index contributed by atoms with van der Waals surface area (Å²) in [7, 11) is 0. The van der Waals surface area contributed by atoms with E-state index in [-0.39, 0.29) is 17.4 Å². The van der Waals surface area contributed by atoms with Gasteiger partial charge in [0, 0.05) is 18.1 Å². The van der Waals surface area contributed by atoms with E-state index in [2.05, 4.69) is 10.3 Å². The Hall–Kier alpha value is -2.11. The first-order valence-electron chi connectivity index (χ1n) is 6.39. The average molecular weight is 338 g/mol. The molecule has 1 aromatic carbocycles. The van der Waals surface area contributed by atoms with Crippen molar-refractivity contribution in [3.8, 4) is 0 Å². The first kappa shape index (κ1) is 14.8. The summed E-state index contributed by atoms with van der Waals surface area (Å²) in [6.45, 7) is 0. The Morgan fingerprint density at radius 3 is 2.82 bits per heavy atom. The number of pyridine rings is 1. The molecule has 0 radical (unpaired) electrons. The summed E-state index contributed by atoms with van der Waals surface area (Å²) in [6, 6.07) is 7.50. The van der Waals surface area contributed by atoms with Crippen molar-refractivity contribution in [3.05, 3.63) is 64.3 Å². The number of benzene rings is 1. The van der Waals surface area contributed by atoms with Gasteiger partial charge in [0.1, 0.15) is 11.5 Å². The molecule has 0 aliphatic heterocycles. The van der Waals surface area contributed by atoms with E-state index in [1.807, 2.05) is 0 Å². The number of halogens is 3. The Bertz CT molecular complexity index is 863. The maximum absolute atomic E-state index is 13.1. The fraction of sp³-hybridized carbons (Fsp3) is 0.0667. The monoisotopic (exact) mass is 337 g/mol. The molecule has 0 fully saturated rings. The van der Waals surface area contributed by atoms with Gasteiger partial charge < -0.3 is 9.72 Å². The number of anilines is 1. The highest BCUT2D eigenvalue weighted by molar-refractivity contribution is 6.31. The first-order valence-corrected chi connectivity index (χ1v) is 7.15. The maximum Gasteiger partial charge on any atom is 0.230 e. The first-order chi connectivity index (χ1) is 10.5. The van der Waals surface area contributed by atoms with Crippen LogP contribution in [0.2, 0.25) is 10.0 Å². The topological polar surface area (TPSA) is 46.4 Å². The van der Waals surface area contributed by atoms with E-state index >= 15 is 0 Å². The molecule has 3 rings (SSSR count). The van der Waals surface area contributed by atoms with Crippen LogP contribution < -0.4 is 5.32 Å². The molecule has 3 aromatic rings. The zero-order valence-corrected chi connectivity index (χ0v) is 12.7. The minimum atomic E-state index is -0.531. The largest absolute Gasteiger partial charge is 0.326 e. The minimum Gasteiger partial charge on any atom is -0.326 e. The molecule has 0 unspecified atom stereocenters. The molecule has 0 aliphatic rings. The van der Waals surface area contributed by atoms with E-state index in [1.54, 1.807) is 28.9 Å². The third kappa shape index (κ3) is 3.21. The highest BCUT2D eigenvalue weighted by atomic mass is 35.5. The van der Waals surface area contributed by atoms with Crippen molar-refractivity contribution in [2.24, 2.45) is 0 Å². The quantitative estimate of drug-likeness (QED) is 0.786. The number of fused-ring (bicyclic) bond motifs is 1. The number of nitrogens with zero attached hydrogens (tertiary/aromatic N) is 2. The second-order valence-corrected chi connectivity index (χ2v) is 5.54. The van der Waals surface area contributed by atoms with Gasteiger partial charge in [0.15, 0.2) is 0 Å². The second-order valence-electron chi connectivity index (χ2n) is 4.70. The number of imidazole rings is 1. The van der Waals surface area contributed by atoms with Gasteiger partial charge in [-0.3, -0.25) is 4.79 Å². The molecule has 1 amide bonds. The van der Waals surface area contributed by atoms with Crippen molar-refractivity contribution >= 4 is 40.4 Å². The number of rotatable bonds is 3. The van der Waals surface area contributed by atoms with E-state index in [4.69, 9.17) is 23.2 Å². The SMILES string of the molecule is O=C(Cc1cn2cc(Cl)ccc2n1)Nc1ccc(F)c(Cl)c1. The Morgan fingerprint density at radius 1 is 1.23 bits per heavy atom. The summed E-state index contributed by atoms with van der Waals surface area (Å²) in [6.07, 6.45) is 3.54. The summed E-state index contributed by atoms with van der Waals surface area (Å²) in [5, 5.41) is 3.19. The minimum absolute atomic E-state index is 0.0415. The fourth-order valence-electron chi connectivity index (χ4n) is 2.05. The van der Waals surface area contributed by atoms with E-state index in [9.17, 15) is 9.18 Å². The molecule has 4 nitrogen and oxygen atoms in total. The van der Waals surface area contributed by atoms with Crippen LogP contribution >= 0.6 is 23.2 Å². The molecular formula is C15H10Cl2FN3O. The van der Waals surface area contributed by atoms with Crippen LogP contribution in [0.4, 0.5) is 10.1 Å². The summed E-state index contributed by atoms with van der Waals surface area (Å²) >= 11 is 11.6. The molecule has 7 heteroatoms. The molecule has 0 atom stereocenters. The van der Waals surface area contributed by atoms with E-state index in [0.29, 0.717) is 22.1 Å². The van der Waals surface area contributed by atoms with E-state index in [0.717, 1.165) is 0 Å². The van der Waals surface area contributed by atoms with Crippen LogP contribution in [0.15, 0.2) is 42.7 Å². The van der Waals surface area contributed by atoms with Gasteiger partial charge in [0.25, 0.3) is 0 Å². The molecule has 0 saturated carbocycles. The van der Waals surface area contributed by atoms with Crippen LogP contribution in [0.25, 0.3) is 5.65 Å². The molecule has 0 spiro atoms. The van der Waals surface area contributed by atoms with Crippen LogP contribution in [-0.2, 0) is 11.2 Å². The summed E-state index contributed by atoms with van der Waals surface area (Å²) in [5.41, 5.74) is 1.74. The zero-order chi connectivity index (χ0) is 15.7. The highest BCUT2D eigenvalue weighted by Gasteiger charge is 2.09. The van der Waals surface area contributed by atoms with Gasteiger partial charge >= 0.3 is 0 Å². The Morgan fingerprint density at radius 2 is 2.05 bits per heavy atom. The van der Waals surface area contributed by atoms with Gasteiger partial charge in [-0.2, -0.15) is 0 Å². The number of hydrogen-bond donors (Lipinski definition) is 1. The molecule has 2 aromatic heterocycles. The van der Waals surface area contributed by atoms with Gasteiger partial charge in [-0.25, -0.2) is 9.37 Å². The average Bonchev–Trinajstić information content (AvgIpc) is 2.84. The van der Waals surface area contributed by atoms with Crippen molar-refractivity contribution < 1.29 is 9.18 Å². The van der Waals surface area contributed by atoms with Gasteiger partial charge in [-0.15, -0.1) is 0 Å². The predicted molar refractivity (Wildman–Crippen MR) is 83.9 cm³/mol. The van der Waals surface area contributed by atoms with E-state index < -0.39 is 5.82 Å². The van der Waals surface area contributed by atoms with E-state index in [1.165, 1.54) is 18.2 Å². The Labute approximate surface area is 135 Å². The van der Waals surface area contributed by atoms with Crippen molar-refractivity contribution in [1.29, 1.82) is 0 Å². The lowest BCUT2D eigenvalue weighted by atomic mass is 10.2. The molecule has 1 N–H and O–H groups in total. The summed E-state index contributed by atoms with van der Waals surface area (Å²) in [4.78, 5) is 16.3. The van der Waals surface area contributed by atoms with Crippen molar-refractivity contribution in [2.45, 2.75) is 6.42 Å². The molecule has 2 heterocycles. The Balaban J connectivity index is 1.73. The second kappa shape index (κ2) is 5.94. The van der Waals surface area contributed by atoms with Gasteiger partial charge in [0.05, 0.1) is 22.2 Å². The van der Waals surface area contributed by atoms with Crippen LogP contribution in [0.3, 0.4) is 0 Å². The zero-order valence-electron chi connectivity index (χ0n) is 11.2. The molecule has 0 aliphatic carbocycles. The third-order valence-corrected chi connectivity index (χ3v) is 3.52. The van der Waals surface area contributed by atoms with Crippen molar-refractivity contribution in [2.75, 3.05) is 5.32 Å². The standard InChI is InChI=1S/C15H10Cl2FN3O/c16-9-1-4-14-19-11(8-21(14)7-9)6-15(22)20-10-2-3-13(18)12(17)5-10/h1-5,7-8H,6H2,(H,20,22). The van der Waals surface area contributed by atoms with Crippen LogP contribution in [0, 0.1) is 5.82 Å². The van der Waals surface area contributed by atoms with Gasteiger partial charge in [0.2, 0.25) is 5.91 Å². The number of amides is 1. The van der Waals surface area contributed by atoms with Crippen LogP contribution in [0.1, 0.15) is 5.69 Å².